The van der Waals surface area contributed by atoms with E-state index in [0.29, 0.717) is 11.4 Å². The molecule has 0 bridgehead atoms. The van der Waals surface area contributed by atoms with Crippen molar-refractivity contribution in [3.8, 4) is 56.5 Å². The quantitative estimate of drug-likeness (QED) is 0.206. The van der Waals surface area contributed by atoms with Crippen LogP contribution >= 0.6 is 0 Å². The van der Waals surface area contributed by atoms with E-state index in [1.165, 1.54) is 0 Å². The van der Waals surface area contributed by atoms with Crippen molar-refractivity contribution in [2.24, 2.45) is 0 Å². The third kappa shape index (κ3) is 5.66. The Morgan fingerprint density at radius 1 is 0.583 bits per heavy atom. The van der Waals surface area contributed by atoms with Crippen LogP contribution in [0, 0.1) is 0 Å². The number of aromatic nitrogens is 4. The molecule has 48 heavy (non-hydrogen) atoms. The van der Waals surface area contributed by atoms with E-state index in [9.17, 15) is 5.11 Å². The molecule has 0 unspecified atom stereocenters. The van der Waals surface area contributed by atoms with Crippen molar-refractivity contribution in [2.45, 2.75) is 52.4 Å². The van der Waals surface area contributed by atoms with Crippen LogP contribution in [0.1, 0.15) is 52.7 Å². The summed E-state index contributed by atoms with van der Waals surface area (Å²) < 4.78 is 2.19. The molecule has 0 saturated heterocycles. The lowest BCUT2D eigenvalue weighted by Crippen LogP contribution is -2.17. The van der Waals surface area contributed by atoms with Crippen molar-refractivity contribution < 1.29 is 5.11 Å². The van der Waals surface area contributed by atoms with Gasteiger partial charge in [0.15, 0.2) is 0 Å². The van der Waals surface area contributed by atoms with Gasteiger partial charge in [0, 0.05) is 34.6 Å². The summed E-state index contributed by atoms with van der Waals surface area (Å²) in [5.74, 6) is 0.911. The third-order valence-electron chi connectivity index (χ3n) is 8.92. The van der Waals surface area contributed by atoms with Crippen LogP contribution in [0.4, 0.5) is 0 Å². The maximum atomic E-state index is 12.1. The second kappa shape index (κ2) is 11.9. The maximum Gasteiger partial charge on any atom is 0.149 e. The number of phenolic OH excluding ortho intramolecular Hbond substituents is 1. The fourth-order valence-corrected chi connectivity index (χ4v) is 6.34. The number of hydrogen-bond acceptors (Lipinski definition) is 4. The van der Waals surface area contributed by atoms with Crippen LogP contribution in [-0.4, -0.2) is 24.6 Å². The van der Waals surface area contributed by atoms with E-state index in [1.54, 1.807) is 0 Å². The standard InChI is InChI=1S/C43H40N4O/c1-42(2,3)31-26-33(40(48)34(27-31)43(4,5)6)41-46-39-37(47(41)36-21-11-10-19-32(36)28-15-8-7-9-16-28)22-24-45-38(39)30-18-14-17-29(25-30)35-20-12-13-23-44-35/h7-27,48H,1-6H3. The topological polar surface area (TPSA) is 63.8 Å². The second-order valence-corrected chi connectivity index (χ2v) is 14.4. The maximum absolute atomic E-state index is 12.1. The average Bonchev–Trinajstić information content (AvgIpc) is 3.47. The Labute approximate surface area is 282 Å². The first kappa shape index (κ1) is 31.1. The molecular weight excluding hydrogens is 589 g/mol. The summed E-state index contributed by atoms with van der Waals surface area (Å²) in [5.41, 5.74) is 10.7. The van der Waals surface area contributed by atoms with Crippen LogP contribution in [0.3, 0.4) is 0 Å². The number of benzene rings is 4. The molecule has 7 aromatic rings. The number of aromatic hydroxyl groups is 1. The molecule has 0 aliphatic heterocycles. The Morgan fingerprint density at radius 2 is 1.29 bits per heavy atom. The minimum atomic E-state index is -0.294. The summed E-state index contributed by atoms with van der Waals surface area (Å²) in [7, 11) is 0. The predicted octanol–water partition coefficient (Wildman–Crippen LogP) is 10.8. The van der Waals surface area contributed by atoms with Crippen LogP contribution in [0.2, 0.25) is 0 Å². The van der Waals surface area contributed by atoms with Crippen molar-refractivity contribution in [2.75, 3.05) is 0 Å². The molecule has 1 N–H and O–H groups in total. The molecule has 0 radical (unpaired) electrons. The number of rotatable bonds is 5. The summed E-state index contributed by atoms with van der Waals surface area (Å²) in [6.45, 7) is 13.0. The van der Waals surface area contributed by atoms with Crippen LogP contribution in [0.5, 0.6) is 5.75 Å². The van der Waals surface area contributed by atoms with E-state index in [-0.39, 0.29) is 16.6 Å². The van der Waals surface area contributed by atoms with Crippen molar-refractivity contribution in [3.05, 3.63) is 139 Å². The molecule has 0 fully saturated rings. The molecule has 3 heterocycles. The highest BCUT2D eigenvalue weighted by Gasteiger charge is 2.29. The fraction of sp³-hybridized carbons (Fsp3) is 0.186. The van der Waals surface area contributed by atoms with Crippen molar-refractivity contribution in [3.63, 3.8) is 0 Å². The number of phenols is 1. The number of hydrogen-bond donors (Lipinski definition) is 1. The Balaban J connectivity index is 1.57. The van der Waals surface area contributed by atoms with E-state index >= 15 is 0 Å². The molecule has 7 rings (SSSR count). The normalized spacial score (nSPS) is 12.0. The molecular formula is C43H40N4O. The summed E-state index contributed by atoms with van der Waals surface area (Å²) in [6, 6.07) is 39.3. The van der Waals surface area contributed by atoms with Crippen LogP contribution in [-0.2, 0) is 10.8 Å². The van der Waals surface area contributed by atoms with Gasteiger partial charge in [0.25, 0.3) is 0 Å². The number of fused-ring (bicyclic) bond motifs is 1. The molecule has 0 atom stereocenters. The molecule has 238 valence electrons. The molecule has 4 aromatic carbocycles. The average molecular weight is 629 g/mol. The SMILES string of the molecule is CC(C)(C)c1cc(-c2nc3c(-c4cccc(-c5ccccn5)c4)nccc3n2-c2ccccc2-c2ccccc2)c(O)c(C(C)(C)C)c1. The minimum Gasteiger partial charge on any atom is -0.507 e. The Kier molecular flexibility index (Phi) is 7.71. The fourth-order valence-electron chi connectivity index (χ4n) is 6.34. The van der Waals surface area contributed by atoms with E-state index in [1.807, 2.05) is 48.8 Å². The highest BCUT2D eigenvalue weighted by molar-refractivity contribution is 5.95. The third-order valence-corrected chi connectivity index (χ3v) is 8.92. The molecule has 0 aliphatic carbocycles. The van der Waals surface area contributed by atoms with Gasteiger partial charge in [-0.3, -0.25) is 14.5 Å². The molecule has 5 heteroatoms. The van der Waals surface area contributed by atoms with E-state index in [2.05, 4.69) is 130 Å². The summed E-state index contributed by atoms with van der Waals surface area (Å²) in [6.07, 6.45) is 3.66. The van der Waals surface area contributed by atoms with Crippen LogP contribution < -0.4 is 0 Å². The zero-order valence-corrected chi connectivity index (χ0v) is 28.4. The first-order valence-electron chi connectivity index (χ1n) is 16.4. The number of para-hydroxylation sites is 1. The Morgan fingerprint density at radius 3 is 2.02 bits per heavy atom. The lowest BCUT2D eigenvalue weighted by molar-refractivity contribution is 0.446. The minimum absolute atomic E-state index is 0.153. The van der Waals surface area contributed by atoms with Crippen molar-refractivity contribution >= 4 is 11.0 Å². The van der Waals surface area contributed by atoms with Gasteiger partial charge in [-0.25, -0.2) is 4.98 Å². The smallest absolute Gasteiger partial charge is 0.149 e. The van der Waals surface area contributed by atoms with E-state index in [0.717, 1.165) is 61.5 Å². The van der Waals surface area contributed by atoms with Gasteiger partial charge in [-0.1, -0.05) is 120 Å². The van der Waals surface area contributed by atoms with Gasteiger partial charge in [-0.15, -0.1) is 0 Å². The number of nitrogens with zero attached hydrogens (tertiary/aromatic N) is 4. The van der Waals surface area contributed by atoms with Gasteiger partial charge in [-0.05, 0) is 58.4 Å². The monoisotopic (exact) mass is 628 g/mol. The molecule has 0 saturated carbocycles. The van der Waals surface area contributed by atoms with Gasteiger partial charge < -0.3 is 5.11 Å². The molecule has 0 amide bonds. The second-order valence-electron chi connectivity index (χ2n) is 14.4. The molecule has 5 nitrogen and oxygen atoms in total. The summed E-state index contributed by atoms with van der Waals surface area (Å²) >= 11 is 0. The van der Waals surface area contributed by atoms with E-state index in [4.69, 9.17) is 9.97 Å². The van der Waals surface area contributed by atoms with Gasteiger partial charge >= 0.3 is 0 Å². The van der Waals surface area contributed by atoms with Gasteiger partial charge in [0.2, 0.25) is 0 Å². The molecule has 0 aliphatic rings. The van der Waals surface area contributed by atoms with Crippen molar-refractivity contribution in [1.29, 1.82) is 0 Å². The zero-order valence-electron chi connectivity index (χ0n) is 28.4. The predicted molar refractivity (Wildman–Crippen MR) is 197 cm³/mol. The van der Waals surface area contributed by atoms with Gasteiger partial charge in [-0.2, -0.15) is 0 Å². The van der Waals surface area contributed by atoms with Crippen LogP contribution in [0.15, 0.2) is 128 Å². The number of pyridine rings is 2. The summed E-state index contributed by atoms with van der Waals surface area (Å²) in [4.78, 5) is 14.9. The Hall–Kier alpha value is -5.55. The van der Waals surface area contributed by atoms with Gasteiger partial charge in [0.05, 0.1) is 28.2 Å². The van der Waals surface area contributed by atoms with Gasteiger partial charge in [0.1, 0.15) is 17.1 Å². The first-order valence-corrected chi connectivity index (χ1v) is 16.4. The largest absolute Gasteiger partial charge is 0.507 e. The lowest BCUT2D eigenvalue weighted by atomic mass is 9.79. The van der Waals surface area contributed by atoms with E-state index < -0.39 is 0 Å². The first-order chi connectivity index (χ1) is 23.0. The van der Waals surface area contributed by atoms with Crippen LogP contribution in [0.25, 0.3) is 61.8 Å². The van der Waals surface area contributed by atoms with Crippen molar-refractivity contribution in [1.82, 2.24) is 19.5 Å². The lowest BCUT2D eigenvalue weighted by Gasteiger charge is -2.27. The summed E-state index contributed by atoms with van der Waals surface area (Å²) in [5, 5.41) is 12.1. The zero-order chi connectivity index (χ0) is 33.6. The number of imidazole rings is 1. The highest BCUT2D eigenvalue weighted by Crippen LogP contribution is 2.45. The molecule has 3 aromatic heterocycles. The molecule has 0 spiro atoms. The highest BCUT2D eigenvalue weighted by atomic mass is 16.3. The Bertz CT molecular complexity index is 2260.